The molecule has 2 rings (SSSR count). The maximum absolute atomic E-state index is 13.5. The van der Waals surface area contributed by atoms with Crippen molar-refractivity contribution in [3.63, 3.8) is 0 Å². The molecule has 0 radical (unpaired) electrons. The smallest absolute Gasteiger partial charge is 0.311 e. The van der Waals surface area contributed by atoms with E-state index >= 15 is 0 Å². The van der Waals surface area contributed by atoms with Gasteiger partial charge in [-0.15, -0.1) is 0 Å². The molecule has 0 heterocycles. The van der Waals surface area contributed by atoms with Crippen LogP contribution in [-0.4, -0.2) is 11.9 Å². The van der Waals surface area contributed by atoms with Crippen molar-refractivity contribution in [2.24, 2.45) is 0 Å². The lowest BCUT2D eigenvalue weighted by Gasteiger charge is -2.09. The van der Waals surface area contributed by atoms with E-state index in [2.05, 4.69) is 4.74 Å². The topological polar surface area (TPSA) is 52.6 Å². The molecule has 0 aliphatic carbocycles. The highest BCUT2D eigenvalue weighted by Gasteiger charge is 2.26. The first-order chi connectivity index (χ1) is 13.1. The summed E-state index contributed by atoms with van der Waals surface area (Å²) in [6.07, 6.45) is -0.901. The molecule has 0 saturated heterocycles. The van der Waals surface area contributed by atoms with Crippen molar-refractivity contribution in [2.45, 2.75) is 33.3 Å². The van der Waals surface area contributed by atoms with Gasteiger partial charge < -0.3 is 9.47 Å². The first-order valence-corrected chi connectivity index (χ1v) is 8.05. The van der Waals surface area contributed by atoms with E-state index in [1.165, 1.54) is 0 Å². The van der Waals surface area contributed by atoms with E-state index in [0.717, 1.165) is 11.1 Å². The van der Waals surface area contributed by atoms with Crippen molar-refractivity contribution < 1.29 is 41.0 Å². The van der Waals surface area contributed by atoms with Crippen molar-refractivity contribution in [1.82, 2.24) is 0 Å². The molecule has 4 nitrogen and oxygen atoms in total. The Morgan fingerprint density at radius 3 is 1.89 bits per heavy atom. The summed E-state index contributed by atoms with van der Waals surface area (Å²) in [6, 6.07) is 4.95. The van der Waals surface area contributed by atoms with Gasteiger partial charge in [-0.05, 0) is 37.1 Å². The Labute approximate surface area is 156 Å². The van der Waals surface area contributed by atoms with Gasteiger partial charge in [0.2, 0.25) is 5.82 Å². The Morgan fingerprint density at radius 1 is 0.786 bits per heavy atom. The number of ether oxygens (including phenoxy) is 2. The van der Waals surface area contributed by atoms with Crippen LogP contribution in [0.1, 0.15) is 29.5 Å². The third-order valence-corrected chi connectivity index (χ3v) is 3.92. The van der Waals surface area contributed by atoms with Crippen LogP contribution < -0.4 is 4.74 Å². The van der Waals surface area contributed by atoms with Gasteiger partial charge in [0.05, 0.1) is 18.4 Å². The van der Waals surface area contributed by atoms with Crippen LogP contribution in [0.25, 0.3) is 0 Å². The highest BCUT2D eigenvalue weighted by atomic mass is 19.2. The molecule has 0 atom stereocenters. The molecule has 0 bridgehead atoms. The Hall–Kier alpha value is -2.97. The molecule has 0 aliphatic rings. The summed E-state index contributed by atoms with van der Waals surface area (Å²) < 4.78 is 75.6. The number of carbonyl (C=O) groups is 2. The maximum atomic E-state index is 13.5. The van der Waals surface area contributed by atoms with Gasteiger partial charge in [-0.1, -0.05) is 6.07 Å². The van der Waals surface area contributed by atoms with Crippen molar-refractivity contribution >= 4 is 11.9 Å². The van der Waals surface area contributed by atoms with E-state index in [1.807, 2.05) is 13.8 Å². The molecular formula is C19H15F5O4. The van der Waals surface area contributed by atoms with Crippen molar-refractivity contribution in [3.8, 4) is 5.75 Å². The number of halogens is 5. The second kappa shape index (κ2) is 8.81. The van der Waals surface area contributed by atoms with Gasteiger partial charge in [0.1, 0.15) is 12.4 Å². The zero-order chi connectivity index (χ0) is 21.0. The minimum atomic E-state index is -2.31. The van der Waals surface area contributed by atoms with Crippen LogP contribution in [0.15, 0.2) is 18.2 Å². The molecule has 150 valence electrons. The molecule has 28 heavy (non-hydrogen) atoms. The largest absolute Gasteiger partial charge is 0.461 e. The van der Waals surface area contributed by atoms with Gasteiger partial charge >= 0.3 is 11.9 Å². The lowest BCUT2D eigenvalue weighted by molar-refractivity contribution is -0.148. The normalized spacial score (nSPS) is 10.7. The van der Waals surface area contributed by atoms with E-state index in [0.29, 0.717) is 0 Å². The standard InChI is InChI=1S/C19H15F5O4/c1-9-3-4-11(7-10(9)2)28-14(26)6-5-13(25)27-8-12-15(20)17(22)19(24)18(23)16(12)21/h3-4,7H,5-6,8H2,1-2H3. The average Bonchev–Trinajstić information content (AvgIpc) is 2.66. The van der Waals surface area contributed by atoms with E-state index in [4.69, 9.17) is 4.74 Å². The van der Waals surface area contributed by atoms with Crippen molar-refractivity contribution in [3.05, 3.63) is 64.0 Å². The van der Waals surface area contributed by atoms with E-state index in [-0.39, 0.29) is 5.75 Å². The molecule has 0 N–H and O–H groups in total. The lowest BCUT2D eigenvalue weighted by Crippen LogP contribution is -2.14. The van der Waals surface area contributed by atoms with Crippen LogP contribution in [0.2, 0.25) is 0 Å². The first-order valence-electron chi connectivity index (χ1n) is 8.05. The number of esters is 2. The Balaban J connectivity index is 1.89. The van der Waals surface area contributed by atoms with Crippen LogP contribution in [0, 0.1) is 42.9 Å². The third kappa shape index (κ3) is 4.85. The molecule has 0 aromatic heterocycles. The SMILES string of the molecule is Cc1ccc(OC(=O)CCC(=O)OCc2c(F)c(F)c(F)c(F)c2F)cc1C. The number of carbonyl (C=O) groups excluding carboxylic acids is 2. The van der Waals surface area contributed by atoms with E-state index in [9.17, 15) is 31.5 Å². The average molecular weight is 402 g/mol. The summed E-state index contributed by atoms with van der Waals surface area (Å²) in [5, 5.41) is 0. The highest BCUT2D eigenvalue weighted by molar-refractivity contribution is 5.79. The van der Waals surface area contributed by atoms with Gasteiger partial charge in [0.25, 0.3) is 0 Å². The van der Waals surface area contributed by atoms with Crippen LogP contribution >= 0.6 is 0 Å². The van der Waals surface area contributed by atoms with Gasteiger partial charge in [-0.2, -0.15) is 0 Å². The number of hydrogen-bond donors (Lipinski definition) is 0. The Morgan fingerprint density at radius 2 is 1.32 bits per heavy atom. The molecule has 0 amide bonds. The predicted molar refractivity (Wildman–Crippen MR) is 86.8 cm³/mol. The van der Waals surface area contributed by atoms with Gasteiger partial charge in [-0.25, -0.2) is 22.0 Å². The van der Waals surface area contributed by atoms with E-state index in [1.54, 1.807) is 18.2 Å². The highest BCUT2D eigenvalue weighted by Crippen LogP contribution is 2.24. The number of aryl methyl sites for hydroxylation is 2. The fourth-order valence-corrected chi connectivity index (χ4v) is 2.17. The summed E-state index contributed by atoms with van der Waals surface area (Å²) in [5.41, 5.74) is 0.617. The quantitative estimate of drug-likeness (QED) is 0.236. The maximum Gasteiger partial charge on any atom is 0.311 e. The molecule has 0 saturated carbocycles. The number of benzene rings is 2. The van der Waals surface area contributed by atoms with Crippen LogP contribution in [0.4, 0.5) is 22.0 Å². The van der Waals surface area contributed by atoms with E-state index < -0.39 is 66.0 Å². The number of rotatable bonds is 6. The molecule has 2 aromatic rings. The minimum absolute atomic E-state index is 0.280. The summed E-state index contributed by atoms with van der Waals surface area (Å²) in [4.78, 5) is 23.3. The van der Waals surface area contributed by atoms with Gasteiger partial charge in [0.15, 0.2) is 23.3 Å². The summed E-state index contributed by atoms with van der Waals surface area (Å²) in [5.74, 6) is -12.3. The molecule has 2 aromatic carbocycles. The Kier molecular flexibility index (Phi) is 6.71. The molecule has 0 fully saturated rings. The van der Waals surface area contributed by atoms with Crippen molar-refractivity contribution in [1.29, 1.82) is 0 Å². The summed E-state index contributed by atoms with van der Waals surface area (Å²) in [7, 11) is 0. The minimum Gasteiger partial charge on any atom is -0.461 e. The second-order valence-electron chi connectivity index (χ2n) is 5.93. The second-order valence-corrected chi connectivity index (χ2v) is 5.93. The zero-order valence-corrected chi connectivity index (χ0v) is 14.9. The summed E-state index contributed by atoms with van der Waals surface area (Å²) >= 11 is 0. The third-order valence-electron chi connectivity index (χ3n) is 3.92. The van der Waals surface area contributed by atoms with Crippen molar-refractivity contribution in [2.75, 3.05) is 0 Å². The molecular weight excluding hydrogens is 387 g/mol. The fourth-order valence-electron chi connectivity index (χ4n) is 2.17. The Bertz CT molecular complexity index is 898. The molecule has 0 aliphatic heterocycles. The van der Waals surface area contributed by atoms with Crippen LogP contribution in [-0.2, 0) is 20.9 Å². The summed E-state index contributed by atoms with van der Waals surface area (Å²) in [6.45, 7) is 2.53. The predicted octanol–water partition coefficient (Wildman–Crippen LogP) is 4.43. The van der Waals surface area contributed by atoms with Crippen LogP contribution in [0.5, 0.6) is 5.75 Å². The zero-order valence-electron chi connectivity index (χ0n) is 14.9. The molecule has 9 heteroatoms. The fraction of sp³-hybridized carbons (Fsp3) is 0.263. The monoisotopic (exact) mass is 402 g/mol. The molecule has 0 spiro atoms. The number of hydrogen-bond acceptors (Lipinski definition) is 4. The lowest BCUT2D eigenvalue weighted by atomic mass is 10.1. The first kappa shape index (κ1) is 21.3. The van der Waals surface area contributed by atoms with Crippen LogP contribution in [0.3, 0.4) is 0 Å². The van der Waals surface area contributed by atoms with Gasteiger partial charge in [-0.3, -0.25) is 9.59 Å². The molecule has 0 unspecified atom stereocenters. The van der Waals surface area contributed by atoms with Gasteiger partial charge in [0, 0.05) is 0 Å².